The van der Waals surface area contributed by atoms with Crippen LogP contribution in [0, 0.1) is 6.92 Å². The van der Waals surface area contributed by atoms with Gasteiger partial charge >= 0.3 is 20.8 Å². The zero-order valence-electron chi connectivity index (χ0n) is 31.4. The van der Waals surface area contributed by atoms with Gasteiger partial charge in [-0.05, 0) is 67.6 Å². The second-order valence-electron chi connectivity index (χ2n) is 12.4. The van der Waals surface area contributed by atoms with E-state index in [9.17, 15) is 74.6 Å². The van der Waals surface area contributed by atoms with E-state index in [1.807, 2.05) is 0 Å². The van der Waals surface area contributed by atoms with Gasteiger partial charge in [0.15, 0.2) is 31.1 Å². The summed E-state index contributed by atoms with van der Waals surface area (Å²) in [4.78, 5) is 10.1. The van der Waals surface area contributed by atoms with Crippen molar-refractivity contribution in [2.45, 2.75) is 26.5 Å². The number of sulfone groups is 2. The minimum Gasteiger partial charge on any atom is -0.506 e. The molecule has 351 valence electrons. The number of fused-ring (bicyclic) bond motifs is 1. The number of aromatic nitrogens is 2. The van der Waals surface area contributed by atoms with Crippen molar-refractivity contribution in [2.24, 2.45) is 20.5 Å². The molecule has 1 aromatic heterocycles. The smallest absolute Gasteiger partial charge is 0.397 e. The first-order chi connectivity index (χ1) is 28.9. The van der Waals surface area contributed by atoms with Gasteiger partial charge < -0.3 is 10.2 Å². The number of hydrogen-bond donors (Lipinski definition) is 7. The van der Waals surface area contributed by atoms with Crippen molar-refractivity contribution in [1.82, 2.24) is 9.78 Å². The van der Waals surface area contributed by atoms with Gasteiger partial charge in [0.2, 0.25) is 0 Å². The van der Waals surface area contributed by atoms with Gasteiger partial charge in [-0.1, -0.05) is 0 Å². The van der Waals surface area contributed by atoms with Crippen molar-refractivity contribution in [1.29, 1.82) is 0 Å². The van der Waals surface area contributed by atoms with Gasteiger partial charge in [-0.15, -0.1) is 20.5 Å². The maximum absolute atomic E-state index is 13.5. The van der Waals surface area contributed by atoms with Gasteiger partial charge in [0.1, 0.15) is 26.9 Å². The molecular weight excluding hydrogens is 1040 g/mol. The molecule has 0 atom stereocenters. The average molecular weight is 1060 g/mol. The molecule has 0 spiro atoms. The number of aryl methyl sites for hydroxylation is 1. The third-order valence-electron chi connectivity index (χ3n) is 8.19. The quantitative estimate of drug-likeness (QED) is 0.0399. The number of nitrogens with one attached hydrogen (secondary N) is 1. The van der Waals surface area contributed by atoms with Crippen molar-refractivity contribution in [2.75, 3.05) is 24.7 Å². The van der Waals surface area contributed by atoms with Crippen LogP contribution in [0.1, 0.15) is 5.69 Å². The molecule has 0 unspecified atom stereocenters. The Hall–Kier alpha value is -5.07. The molecule has 0 saturated carbocycles. The van der Waals surface area contributed by atoms with E-state index in [4.69, 9.17) is 9.11 Å². The number of phenols is 2. The number of hydrogen-bond acceptors (Lipinski definition) is 21. The topological polar surface area (TPSA) is 432 Å². The predicted molar refractivity (Wildman–Crippen MR) is 212 cm³/mol. The van der Waals surface area contributed by atoms with Gasteiger partial charge in [-0.25, -0.2) is 29.9 Å². The van der Waals surface area contributed by atoms with Crippen molar-refractivity contribution >= 4 is 94.2 Å². The summed E-state index contributed by atoms with van der Waals surface area (Å²) in [6.07, 6.45) is 0. The molecule has 34 heteroatoms. The molecule has 5 rings (SSSR count). The van der Waals surface area contributed by atoms with Crippen LogP contribution in [0.5, 0.6) is 11.5 Å². The Kier molecular flexibility index (Phi) is 15.1. The first kappa shape index (κ1) is 51.6. The normalized spacial score (nSPS) is 13.2. The minimum atomic E-state index is -5.51. The van der Waals surface area contributed by atoms with Crippen LogP contribution in [0.2, 0.25) is 0 Å². The number of benzene rings is 4. The minimum absolute atomic E-state index is 0. The Balaban J connectivity index is 0.00000898. The Labute approximate surface area is 371 Å². The zero-order valence-corrected chi connectivity index (χ0v) is 37.2. The third-order valence-corrected chi connectivity index (χ3v) is 14.3. The number of aromatic amines is 1. The molecule has 0 aliphatic heterocycles. The Morgan fingerprint density at radius 2 is 1.11 bits per heavy atom. The van der Waals surface area contributed by atoms with Crippen molar-refractivity contribution in [3.63, 3.8) is 0 Å². The van der Waals surface area contributed by atoms with E-state index in [0.29, 0.717) is 18.2 Å². The number of rotatable bonds is 17. The summed E-state index contributed by atoms with van der Waals surface area (Å²) >= 11 is 0. The molecule has 0 aliphatic rings. The molecule has 1 heterocycles. The molecule has 1 radical (unpaired) electrons. The molecule has 0 aliphatic carbocycles. The maximum atomic E-state index is 13.5. The second kappa shape index (κ2) is 18.8. The summed E-state index contributed by atoms with van der Waals surface area (Å²) in [5.74, 6) is -4.00. The summed E-state index contributed by atoms with van der Waals surface area (Å²) in [5, 5.41) is 37.8. The number of aromatic hydroxyl groups is 2. The SMILES string of the molecule is Cc1[nH]n(-c2ccc(S(=O)(=O)CCOS(=O)(=O)O)cc2)c(=O)c1N=Nc1ccc(S(=O)(=O)O)c2cc(S(=O)(=O)O)c(N=Nc3cc(S(=O)(=O)CCOS(=O)(=O)O)ccc3O)c(O)c12.[Cu]. The van der Waals surface area contributed by atoms with E-state index in [1.54, 1.807) is 0 Å². The van der Waals surface area contributed by atoms with E-state index >= 15 is 0 Å². The summed E-state index contributed by atoms with van der Waals surface area (Å²) in [6.45, 7) is -0.598. The van der Waals surface area contributed by atoms with Crippen LogP contribution in [0.4, 0.5) is 22.7 Å². The Bertz CT molecular complexity index is 3480. The molecule has 0 saturated heterocycles. The number of phenolic OH excluding ortho intramolecular Hbond substituents is 2. The van der Waals surface area contributed by atoms with E-state index in [0.717, 1.165) is 35.0 Å². The number of azo groups is 2. The molecule has 0 bridgehead atoms. The van der Waals surface area contributed by atoms with E-state index in [2.05, 4.69) is 33.9 Å². The molecule has 27 nitrogen and oxygen atoms in total. The van der Waals surface area contributed by atoms with E-state index in [1.165, 1.54) is 19.1 Å². The first-order valence-electron chi connectivity index (χ1n) is 16.4. The van der Waals surface area contributed by atoms with Crippen LogP contribution in [0.15, 0.2) is 105 Å². The van der Waals surface area contributed by atoms with E-state index in [-0.39, 0.29) is 33.3 Å². The predicted octanol–water partition coefficient (Wildman–Crippen LogP) is 2.55. The first-order valence-corrected chi connectivity index (χ1v) is 25.4. The maximum Gasteiger partial charge on any atom is 0.397 e. The third kappa shape index (κ3) is 12.2. The summed E-state index contributed by atoms with van der Waals surface area (Å²) in [6, 6.07) is 8.72. The molecule has 0 fully saturated rings. The van der Waals surface area contributed by atoms with Crippen molar-refractivity contribution < 1.29 is 104 Å². The van der Waals surface area contributed by atoms with Gasteiger partial charge in [0.25, 0.3) is 25.8 Å². The molecule has 4 aromatic carbocycles. The van der Waals surface area contributed by atoms with E-state index < -0.39 is 151 Å². The van der Waals surface area contributed by atoms with Crippen LogP contribution < -0.4 is 5.56 Å². The standard InChI is InChI=1S/C30H28N6O21S6.Cu/c1-16-27(30(39)36(35-16)17-2-4-18(5-3-17)58(40,41)12-10-56-62(50,51)52)33-31-21-7-9-24(60(44,45)46)20-15-25(61(47,48)49)28(29(38)26(20)21)34-32-22-14-19(6-8-23(22)37)59(42,43)13-11-57-63(53,54)55;/h2-9,14-15,35,37-38H,10-13H2,1H3,(H,44,45,46)(H,47,48,49)(H,50,51,52)(H,53,54,55);. The van der Waals surface area contributed by atoms with Crippen molar-refractivity contribution in [3.8, 4) is 17.2 Å². The summed E-state index contributed by atoms with van der Waals surface area (Å²) < 4.78 is 190. The fourth-order valence-corrected chi connectivity index (χ4v) is 9.70. The molecule has 7 N–H and O–H groups in total. The monoisotopic (exact) mass is 1060 g/mol. The summed E-state index contributed by atoms with van der Waals surface area (Å²) in [7, 11) is -29.3. The fourth-order valence-electron chi connectivity index (χ4n) is 5.38. The van der Waals surface area contributed by atoms with Gasteiger partial charge in [-0.2, -0.15) is 33.7 Å². The number of H-pyrrole nitrogens is 1. The van der Waals surface area contributed by atoms with Crippen LogP contribution >= 0.6 is 0 Å². The summed E-state index contributed by atoms with van der Waals surface area (Å²) in [5.41, 5.74) is -3.77. The fraction of sp³-hybridized carbons (Fsp3) is 0.167. The van der Waals surface area contributed by atoms with Crippen LogP contribution in [-0.4, -0.2) is 113 Å². The van der Waals surface area contributed by atoms with Crippen LogP contribution in [0.25, 0.3) is 16.5 Å². The average Bonchev–Trinajstić information content (AvgIpc) is 3.43. The molecule has 5 aromatic rings. The van der Waals surface area contributed by atoms with Crippen LogP contribution in [0.3, 0.4) is 0 Å². The zero-order chi connectivity index (χ0) is 47.1. The second-order valence-corrected chi connectivity index (χ2v) is 21.6. The van der Waals surface area contributed by atoms with Gasteiger partial charge in [-0.3, -0.25) is 28.1 Å². The molecule has 0 amide bonds. The largest absolute Gasteiger partial charge is 0.506 e. The van der Waals surface area contributed by atoms with Crippen LogP contribution in [-0.2, 0) is 86.1 Å². The Morgan fingerprint density at radius 1 is 0.609 bits per heavy atom. The molecule has 64 heavy (non-hydrogen) atoms. The van der Waals surface area contributed by atoms with Crippen molar-refractivity contribution in [3.05, 3.63) is 76.7 Å². The Morgan fingerprint density at radius 3 is 1.64 bits per heavy atom. The number of nitrogens with zero attached hydrogens (tertiary/aromatic N) is 5. The van der Waals surface area contributed by atoms with Gasteiger partial charge in [0.05, 0.1) is 57.0 Å². The van der Waals surface area contributed by atoms with Gasteiger partial charge in [0, 0.05) is 22.5 Å². The molecular formula is C30H28CuN6O21S6.